The lowest BCUT2D eigenvalue weighted by atomic mass is 10.1. The fourth-order valence-electron chi connectivity index (χ4n) is 3.13. The number of benzene rings is 2. The summed E-state index contributed by atoms with van der Waals surface area (Å²) in [6.45, 7) is 1.20. The number of rotatable bonds is 8. The van der Waals surface area contributed by atoms with E-state index in [9.17, 15) is 14.4 Å². The number of amides is 4. The summed E-state index contributed by atoms with van der Waals surface area (Å²) in [7, 11) is 1.57. The maximum absolute atomic E-state index is 12.5. The standard InChI is InChI=1S/C21H22ClN3O4/c1-29-11-3-10-25-19(26)17-7-6-16(13-18(17)20(25)27)24-21(28)23-9-8-14-4-2-5-15(22)12-14/h2,4-7,12-13H,3,8-11H2,1H3,(H2,23,24,28). The molecule has 4 amide bonds. The summed E-state index contributed by atoms with van der Waals surface area (Å²) in [6, 6.07) is 11.8. The number of hydrogen-bond acceptors (Lipinski definition) is 4. The Morgan fingerprint density at radius 1 is 1.10 bits per heavy atom. The topological polar surface area (TPSA) is 87.7 Å². The van der Waals surface area contributed by atoms with Crippen molar-refractivity contribution in [1.82, 2.24) is 10.2 Å². The first-order valence-electron chi connectivity index (χ1n) is 9.28. The quantitative estimate of drug-likeness (QED) is 0.511. The van der Waals surface area contributed by atoms with Crippen LogP contribution in [0.15, 0.2) is 42.5 Å². The van der Waals surface area contributed by atoms with E-state index in [1.807, 2.05) is 18.2 Å². The summed E-state index contributed by atoms with van der Waals surface area (Å²) in [6.07, 6.45) is 1.21. The van der Waals surface area contributed by atoms with Crippen LogP contribution in [0.5, 0.6) is 0 Å². The van der Waals surface area contributed by atoms with Crippen LogP contribution in [0.2, 0.25) is 5.02 Å². The van der Waals surface area contributed by atoms with E-state index in [0.717, 1.165) is 5.56 Å². The van der Waals surface area contributed by atoms with Gasteiger partial charge in [-0.2, -0.15) is 0 Å². The van der Waals surface area contributed by atoms with Gasteiger partial charge < -0.3 is 15.4 Å². The zero-order valence-corrected chi connectivity index (χ0v) is 16.8. The van der Waals surface area contributed by atoms with Gasteiger partial charge in [-0.25, -0.2) is 4.79 Å². The third-order valence-electron chi connectivity index (χ3n) is 4.55. The number of ether oxygens (including phenoxy) is 1. The van der Waals surface area contributed by atoms with Crippen LogP contribution in [-0.4, -0.2) is 49.6 Å². The van der Waals surface area contributed by atoms with Crippen molar-refractivity contribution < 1.29 is 19.1 Å². The van der Waals surface area contributed by atoms with Crippen molar-refractivity contribution >= 4 is 35.1 Å². The first kappa shape index (κ1) is 20.8. The van der Waals surface area contributed by atoms with E-state index in [-0.39, 0.29) is 17.8 Å². The molecule has 3 rings (SSSR count). The van der Waals surface area contributed by atoms with Gasteiger partial charge in [-0.05, 0) is 48.7 Å². The van der Waals surface area contributed by atoms with Crippen LogP contribution in [0.4, 0.5) is 10.5 Å². The van der Waals surface area contributed by atoms with Crippen molar-refractivity contribution in [1.29, 1.82) is 0 Å². The zero-order valence-electron chi connectivity index (χ0n) is 16.0. The fraction of sp³-hybridized carbons (Fsp3) is 0.286. The molecule has 2 N–H and O–H groups in total. The lowest BCUT2D eigenvalue weighted by molar-refractivity contribution is 0.0638. The lowest BCUT2D eigenvalue weighted by Crippen LogP contribution is -2.31. The Morgan fingerprint density at radius 2 is 1.90 bits per heavy atom. The number of fused-ring (bicyclic) bond motifs is 1. The third kappa shape index (κ3) is 5.13. The van der Waals surface area contributed by atoms with Crippen LogP contribution in [0.3, 0.4) is 0 Å². The molecule has 0 aliphatic carbocycles. The van der Waals surface area contributed by atoms with Crippen molar-refractivity contribution in [2.24, 2.45) is 0 Å². The van der Waals surface area contributed by atoms with E-state index in [0.29, 0.717) is 54.4 Å². The Morgan fingerprint density at radius 3 is 2.66 bits per heavy atom. The summed E-state index contributed by atoms with van der Waals surface area (Å²) in [5.74, 6) is -0.676. The van der Waals surface area contributed by atoms with Crippen molar-refractivity contribution in [3.8, 4) is 0 Å². The summed E-state index contributed by atoms with van der Waals surface area (Å²) < 4.78 is 4.97. The van der Waals surface area contributed by atoms with E-state index >= 15 is 0 Å². The molecule has 0 unspecified atom stereocenters. The molecule has 0 saturated heterocycles. The molecule has 0 aromatic heterocycles. The minimum Gasteiger partial charge on any atom is -0.385 e. The fourth-order valence-corrected chi connectivity index (χ4v) is 3.34. The Balaban J connectivity index is 1.56. The van der Waals surface area contributed by atoms with Gasteiger partial charge in [0.1, 0.15) is 0 Å². The van der Waals surface area contributed by atoms with Crippen LogP contribution in [0.25, 0.3) is 0 Å². The van der Waals surface area contributed by atoms with Crippen molar-refractivity contribution in [3.05, 3.63) is 64.2 Å². The van der Waals surface area contributed by atoms with Gasteiger partial charge in [0, 0.05) is 37.5 Å². The second kappa shape index (κ2) is 9.54. The number of carbonyl (C=O) groups is 3. The first-order chi connectivity index (χ1) is 14.0. The average Bonchev–Trinajstić information content (AvgIpc) is 2.92. The molecular weight excluding hydrogens is 394 g/mol. The second-order valence-electron chi connectivity index (χ2n) is 6.63. The molecule has 0 radical (unpaired) electrons. The number of hydrogen-bond donors (Lipinski definition) is 2. The molecule has 0 fully saturated rings. The van der Waals surface area contributed by atoms with Crippen LogP contribution in [0.1, 0.15) is 32.7 Å². The van der Waals surface area contributed by atoms with E-state index < -0.39 is 0 Å². The second-order valence-corrected chi connectivity index (χ2v) is 7.07. The maximum atomic E-state index is 12.5. The van der Waals surface area contributed by atoms with Gasteiger partial charge in [0.15, 0.2) is 0 Å². The van der Waals surface area contributed by atoms with Crippen molar-refractivity contribution in [3.63, 3.8) is 0 Å². The van der Waals surface area contributed by atoms with Crippen LogP contribution in [-0.2, 0) is 11.2 Å². The number of methoxy groups -OCH3 is 1. The SMILES string of the molecule is COCCCN1C(=O)c2ccc(NC(=O)NCCc3cccc(Cl)c3)cc2C1=O. The molecule has 29 heavy (non-hydrogen) atoms. The molecule has 1 aliphatic heterocycles. The molecule has 7 nitrogen and oxygen atoms in total. The summed E-state index contributed by atoms with van der Waals surface area (Å²) >= 11 is 5.95. The number of nitrogens with one attached hydrogen (secondary N) is 2. The van der Waals surface area contributed by atoms with Gasteiger partial charge in [-0.1, -0.05) is 23.7 Å². The van der Waals surface area contributed by atoms with Gasteiger partial charge in [-0.3, -0.25) is 14.5 Å². The highest BCUT2D eigenvalue weighted by Gasteiger charge is 2.35. The van der Waals surface area contributed by atoms with Crippen LogP contribution < -0.4 is 10.6 Å². The van der Waals surface area contributed by atoms with Gasteiger partial charge in [0.05, 0.1) is 11.1 Å². The molecule has 8 heteroatoms. The molecule has 2 aromatic rings. The van der Waals surface area contributed by atoms with E-state index in [2.05, 4.69) is 10.6 Å². The molecule has 0 atom stereocenters. The maximum Gasteiger partial charge on any atom is 0.319 e. The van der Waals surface area contributed by atoms with Gasteiger partial charge in [-0.15, -0.1) is 0 Å². The number of nitrogens with zero attached hydrogens (tertiary/aromatic N) is 1. The van der Waals surface area contributed by atoms with Crippen molar-refractivity contribution in [2.45, 2.75) is 12.8 Å². The molecule has 1 heterocycles. The lowest BCUT2D eigenvalue weighted by Gasteiger charge is -2.12. The third-order valence-corrected chi connectivity index (χ3v) is 4.78. The molecule has 0 bridgehead atoms. The monoisotopic (exact) mass is 415 g/mol. The molecular formula is C21H22ClN3O4. The van der Waals surface area contributed by atoms with E-state index in [1.165, 1.54) is 11.0 Å². The van der Waals surface area contributed by atoms with E-state index in [4.69, 9.17) is 16.3 Å². The summed E-state index contributed by atoms with van der Waals surface area (Å²) in [5, 5.41) is 6.11. The Hall–Kier alpha value is -2.90. The van der Waals surface area contributed by atoms with E-state index in [1.54, 1.807) is 25.3 Å². The minimum atomic E-state index is -0.388. The minimum absolute atomic E-state index is 0.296. The van der Waals surface area contributed by atoms with Crippen LogP contribution in [0, 0.1) is 0 Å². The first-order valence-corrected chi connectivity index (χ1v) is 9.66. The Bertz CT molecular complexity index is 932. The highest BCUT2D eigenvalue weighted by atomic mass is 35.5. The molecule has 0 spiro atoms. The molecule has 0 saturated carbocycles. The zero-order chi connectivity index (χ0) is 20.8. The summed E-state index contributed by atoms with van der Waals surface area (Å²) in [4.78, 5) is 38.2. The number of carbonyl (C=O) groups excluding carboxylic acids is 3. The Kier molecular flexibility index (Phi) is 6.85. The molecule has 2 aromatic carbocycles. The predicted molar refractivity (Wildman–Crippen MR) is 110 cm³/mol. The van der Waals surface area contributed by atoms with Crippen LogP contribution >= 0.6 is 11.6 Å². The van der Waals surface area contributed by atoms with Gasteiger partial charge >= 0.3 is 6.03 Å². The number of imide groups is 1. The Labute approximate surface area is 174 Å². The molecule has 152 valence electrons. The van der Waals surface area contributed by atoms with Crippen molar-refractivity contribution in [2.75, 3.05) is 32.1 Å². The number of halogens is 1. The normalized spacial score (nSPS) is 12.8. The highest BCUT2D eigenvalue weighted by Crippen LogP contribution is 2.26. The molecule has 1 aliphatic rings. The number of urea groups is 1. The number of anilines is 1. The van der Waals surface area contributed by atoms with Gasteiger partial charge in [0.2, 0.25) is 0 Å². The smallest absolute Gasteiger partial charge is 0.319 e. The highest BCUT2D eigenvalue weighted by molar-refractivity contribution is 6.30. The average molecular weight is 416 g/mol. The summed E-state index contributed by atoms with van der Waals surface area (Å²) in [5.41, 5.74) is 2.11. The van der Waals surface area contributed by atoms with Gasteiger partial charge in [0.25, 0.3) is 11.8 Å². The predicted octanol–water partition coefficient (Wildman–Crippen LogP) is 3.34. The largest absolute Gasteiger partial charge is 0.385 e.